The molecular weight excluding hydrogens is 499 g/mol. The molecule has 0 spiro atoms. The molecular formula is C26H28ClFN6O3. The molecule has 4 rings (SSSR count). The Morgan fingerprint density at radius 3 is 2.54 bits per heavy atom. The van der Waals surface area contributed by atoms with Crippen LogP contribution in [0, 0.1) is 12.7 Å². The van der Waals surface area contributed by atoms with Gasteiger partial charge in [-0.15, -0.1) is 0 Å². The van der Waals surface area contributed by atoms with Crippen LogP contribution in [-0.4, -0.2) is 58.8 Å². The van der Waals surface area contributed by atoms with Crippen LogP contribution in [0.4, 0.5) is 15.8 Å². The largest absolute Gasteiger partial charge is 0.349 e. The quantitative estimate of drug-likeness (QED) is 0.350. The van der Waals surface area contributed by atoms with Gasteiger partial charge in [-0.3, -0.25) is 14.4 Å². The van der Waals surface area contributed by atoms with Gasteiger partial charge in [-0.05, 0) is 74.8 Å². The van der Waals surface area contributed by atoms with Crippen molar-refractivity contribution in [2.45, 2.75) is 26.2 Å². The highest BCUT2D eigenvalue weighted by Gasteiger charge is 2.21. The van der Waals surface area contributed by atoms with Crippen molar-refractivity contribution >= 4 is 40.7 Å². The van der Waals surface area contributed by atoms with E-state index >= 15 is 0 Å². The van der Waals surface area contributed by atoms with Gasteiger partial charge < -0.3 is 25.8 Å². The number of H-pyrrole nitrogens is 1. The van der Waals surface area contributed by atoms with Gasteiger partial charge in [0.25, 0.3) is 17.7 Å². The summed E-state index contributed by atoms with van der Waals surface area (Å²) in [6.45, 7) is 5.07. The SMILES string of the molecule is Cc1cc(NC(=O)c2nc[nH]c2C(=O)NCCN2CCCCC2)ccc1NC(=O)c1ccc(F)cc1Cl. The van der Waals surface area contributed by atoms with Crippen molar-refractivity contribution in [3.63, 3.8) is 0 Å². The van der Waals surface area contributed by atoms with E-state index in [0.29, 0.717) is 23.5 Å². The number of likely N-dealkylation sites (tertiary alicyclic amines) is 1. The predicted molar refractivity (Wildman–Crippen MR) is 140 cm³/mol. The van der Waals surface area contributed by atoms with Crippen molar-refractivity contribution in [3.8, 4) is 0 Å². The lowest BCUT2D eigenvalue weighted by Gasteiger charge is -2.26. The molecule has 1 aliphatic heterocycles. The van der Waals surface area contributed by atoms with E-state index < -0.39 is 23.5 Å². The number of halogens is 2. The molecule has 9 nitrogen and oxygen atoms in total. The third kappa shape index (κ3) is 6.72. The minimum absolute atomic E-state index is 0.00405. The monoisotopic (exact) mass is 526 g/mol. The Morgan fingerprint density at radius 2 is 1.81 bits per heavy atom. The molecule has 37 heavy (non-hydrogen) atoms. The van der Waals surface area contributed by atoms with E-state index in [2.05, 4.69) is 30.8 Å². The van der Waals surface area contributed by atoms with Crippen LogP contribution in [0.5, 0.6) is 0 Å². The minimum atomic E-state index is -0.545. The summed E-state index contributed by atoms with van der Waals surface area (Å²) < 4.78 is 13.3. The standard InChI is InChI=1S/C26H28ClFN6O3/c1-16-13-18(6-8-21(16)33-24(35)19-7-5-17(28)14-20(19)27)32-26(37)23-22(30-15-31-23)25(36)29-9-12-34-10-3-2-4-11-34/h5-8,13-15H,2-4,9-12H2,1H3,(H,29,36)(H,30,31)(H,32,37)(H,33,35). The number of aryl methyl sites for hydroxylation is 1. The molecule has 0 unspecified atom stereocenters. The molecule has 4 N–H and O–H groups in total. The zero-order valence-corrected chi connectivity index (χ0v) is 21.1. The lowest BCUT2D eigenvalue weighted by atomic mass is 10.1. The van der Waals surface area contributed by atoms with E-state index in [-0.39, 0.29) is 22.0 Å². The van der Waals surface area contributed by atoms with Crippen molar-refractivity contribution in [2.24, 2.45) is 0 Å². The molecule has 1 aliphatic rings. The number of hydrogen-bond acceptors (Lipinski definition) is 5. The summed E-state index contributed by atoms with van der Waals surface area (Å²) in [5.41, 5.74) is 1.84. The first kappa shape index (κ1) is 26.3. The molecule has 0 aliphatic carbocycles. The van der Waals surface area contributed by atoms with Crippen LogP contribution >= 0.6 is 11.6 Å². The molecule has 2 heterocycles. The van der Waals surface area contributed by atoms with Gasteiger partial charge in [0.15, 0.2) is 5.69 Å². The van der Waals surface area contributed by atoms with Gasteiger partial charge in [0.1, 0.15) is 11.5 Å². The number of rotatable bonds is 8. The second-order valence-electron chi connectivity index (χ2n) is 8.85. The highest BCUT2D eigenvalue weighted by atomic mass is 35.5. The molecule has 1 fully saturated rings. The Bertz CT molecular complexity index is 1310. The molecule has 3 amide bonds. The molecule has 11 heteroatoms. The third-order valence-electron chi connectivity index (χ3n) is 6.15. The minimum Gasteiger partial charge on any atom is -0.349 e. The van der Waals surface area contributed by atoms with E-state index in [1.54, 1.807) is 25.1 Å². The van der Waals surface area contributed by atoms with Gasteiger partial charge in [0, 0.05) is 24.5 Å². The van der Waals surface area contributed by atoms with E-state index in [9.17, 15) is 18.8 Å². The fourth-order valence-corrected chi connectivity index (χ4v) is 4.43. The molecule has 3 aromatic rings. The number of anilines is 2. The first-order valence-electron chi connectivity index (χ1n) is 12.0. The average molecular weight is 527 g/mol. The van der Waals surface area contributed by atoms with Crippen LogP contribution in [0.3, 0.4) is 0 Å². The third-order valence-corrected chi connectivity index (χ3v) is 6.46. The van der Waals surface area contributed by atoms with Crippen molar-refractivity contribution < 1.29 is 18.8 Å². The topological polar surface area (TPSA) is 119 Å². The number of aromatic nitrogens is 2. The maximum atomic E-state index is 13.3. The molecule has 194 valence electrons. The van der Waals surface area contributed by atoms with Crippen LogP contribution < -0.4 is 16.0 Å². The summed E-state index contributed by atoms with van der Waals surface area (Å²) in [6, 6.07) is 8.44. The summed E-state index contributed by atoms with van der Waals surface area (Å²) in [5.74, 6) is -1.96. The average Bonchev–Trinajstić information content (AvgIpc) is 3.37. The Labute approximate surface area is 218 Å². The van der Waals surface area contributed by atoms with Gasteiger partial charge in [0.05, 0.1) is 16.9 Å². The molecule has 1 aromatic heterocycles. The first-order valence-corrected chi connectivity index (χ1v) is 12.4. The van der Waals surface area contributed by atoms with Crippen molar-refractivity contribution in [2.75, 3.05) is 36.8 Å². The van der Waals surface area contributed by atoms with Gasteiger partial charge in [-0.2, -0.15) is 0 Å². The molecule has 0 bridgehead atoms. The summed E-state index contributed by atoms with van der Waals surface area (Å²) >= 11 is 5.97. The number of nitrogens with one attached hydrogen (secondary N) is 4. The zero-order chi connectivity index (χ0) is 26.4. The van der Waals surface area contributed by atoms with Crippen LogP contribution in [0.2, 0.25) is 5.02 Å². The molecule has 2 aromatic carbocycles. The smallest absolute Gasteiger partial charge is 0.276 e. The van der Waals surface area contributed by atoms with Crippen LogP contribution in [0.15, 0.2) is 42.7 Å². The number of amides is 3. The van der Waals surface area contributed by atoms with Crippen LogP contribution in [0.1, 0.15) is 56.2 Å². The summed E-state index contributed by atoms with van der Waals surface area (Å²) in [6.07, 6.45) is 4.90. The normalized spacial score (nSPS) is 13.7. The maximum absolute atomic E-state index is 13.3. The molecule has 0 atom stereocenters. The van der Waals surface area contributed by atoms with Gasteiger partial charge in [-0.1, -0.05) is 18.0 Å². The fraction of sp³-hybridized carbons (Fsp3) is 0.308. The van der Waals surface area contributed by atoms with Crippen molar-refractivity contribution in [1.82, 2.24) is 20.2 Å². The lowest BCUT2D eigenvalue weighted by Crippen LogP contribution is -2.38. The first-order chi connectivity index (χ1) is 17.8. The summed E-state index contributed by atoms with van der Waals surface area (Å²) in [5, 5.41) is 8.31. The summed E-state index contributed by atoms with van der Waals surface area (Å²) in [7, 11) is 0. The molecule has 1 saturated heterocycles. The number of piperidine rings is 1. The second-order valence-corrected chi connectivity index (χ2v) is 9.25. The van der Waals surface area contributed by atoms with E-state index in [1.165, 1.54) is 31.7 Å². The van der Waals surface area contributed by atoms with Gasteiger partial charge in [0.2, 0.25) is 0 Å². The Kier molecular flexibility index (Phi) is 8.52. The number of carbonyl (C=O) groups excluding carboxylic acids is 3. The maximum Gasteiger partial charge on any atom is 0.276 e. The van der Waals surface area contributed by atoms with E-state index in [0.717, 1.165) is 31.8 Å². The van der Waals surface area contributed by atoms with Gasteiger partial charge >= 0.3 is 0 Å². The fourth-order valence-electron chi connectivity index (χ4n) is 4.17. The number of benzene rings is 2. The predicted octanol–water partition coefficient (Wildman–Crippen LogP) is 4.23. The molecule has 0 radical (unpaired) electrons. The number of imidazole rings is 1. The number of nitrogens with zero attached hydrogens (tertiary/aromatic N) is 2. The molecule has 0 saturated carbocycles. The number of carbonyl (C=O) groups is 3. The van der Waals surface area contributed by atoms with Crippen molar-refractivity contribution in [1.29, 1.82) is 0 Å². The highest BCUT2D eigenvalue weighted by molar-refractivity contribution is 6.34. The van der Waals surface area contributed by atoms with E-state index in [4.69, 9.17) is 11.6 Å². The Hall–Kier alpha value is -3.76. The highest BCUT2D eigenvalue weighted by Crippen LogP contribution is 2.23. The van der Waals surface area contributed by atoms with Crippen molar-refractivity contribution in [3.05, 3.63) is 76.1 Å². The van der Waals surface area contributed by atoms with Crippen LogP contribution in [-0.2, 0) is 0 Å². The lowest BCUT2D eigenvalue weighted by molar-refractivity contribution is 0.0929. The summed E-state index contributed by atoms with van der Waals surface area (Å²) in [4.78, 5) is 47.1. The zero-order valence-electron chi connectivity index (χ0n) is 20.4. The Balaban J connectivity index is 1.35. The van der Waals surface area contributed by atoms with E-state index in [1.807, 2.05) is 0 Å². The van der Waals surface area contributed by atoms with Crippen LogP contribution in [0.25, 0.3) is 0 Å². The Morgan fingerprint density at radius 1 is 1.03 bits per heavy atom. The number of aromatic amines is 1. The second kappa shape index (κ2) is 12.0. The van der Waals surface area contributed by atoms with Gasteiger partial charge in [-0.25, -0.2) is 9.37 Å². The number of hydrogen-bond donors (Lipinski definition) is 4.